The van der Waals surface area contributed by atoms with E-state index < -0.39 is 0 Å². The highest BCUT2D eigenvalue weighted by atomic mass is 15.1. The molecular formula is C13H22N4. The minimum Gasteiger partial charge on any atom is -0.384 e. The Morgan fingerprint density at radius 2 is 2.06 bits per heavy atom. The fourth-order valence-corrected chi connectivity index (χ4v) is 1.70. The largest absolute Gasteiger partial charge is 0.384 e. The average Bonchev–Trinajstić information content (AvgIpc) is 2.99. The summed E-state index contributed by atoms with van der Waals surface area (Å²) in [5.41, 5.74) is 5.74. The summed E-state index contributed by atoms with van der Waals surface area (Å²) >= 11 is 0. The molecule has 1 heterocycles. The van der Waals surface area contributed by atoms with E-state index in [9.17, 15) is 0 Å². The minimum absolute atomic E-state index is 0.0672. The molecule has 17 heavy (non-hydrogen) atoms. The second-order valence-electron chi connectivity index (χ2n) is 5.91. The first-order chi connectivity index (χ1) is 7.95. The standard InChI is InChI=1S/C13H22N4/c1-13(2,3)12-16-10(14)8-11(17-12)15-7-6-9-4-5-9/h8-9H,4-7H2,1-3H3,(H3,14,15,16,17). The van der Waals surface area contributed by atoms with Gasteiger partial charge >= 0.3 is 0 Å². The van der Waals surface area contributed by atoms with E-state index in [1.807, 2.05) is 6.07 Å². The Balaban J connectivity index is 2.02. The van der Waals surface area contributed by atoms with E-state index in [4.69, 9.17) is 5.73 Å². The Labute approximate surface area is 103 Å². The molecule has 4 nitrogen and oxygen atoms in total. The van der Waals surface area contributed by atoms with Gasteiger partial charge in [-0.05, 0) is 12.3 Å². The lowest BCUT2D eigenvalue weighted by Crippen LogP contribution is -2.18. The first-order valence-corrected chi connectivity index (χ1v) is 6.34. The fraction of sp³-hybridized carbons (Fsp3) is 0.692. The Morgan fingerprint density at radius 3 is 2.65 bits per heavy atom. The minimum atomic E-state index is -0.0672. The zero-order chi connectivity index (χ0) is 12.5. The fourth-order valence-electron chi connectivity index (χ4n) is 1.70. The summed E-state index contributed by atoms with van der Waals surface area (Å²) in [7, 11) is 0. The molecule has 0 radical (unpaired) electrons. The van der Waals surface area contributed by atoms with Gasteiger partial charge in [-0.25, -0.2) is 9.97 Å². The molecule has 0 aliphatic heterocycles. The van der Waals surface area contributed by atoms with Crippen molar-refractivity contribution in [3.05, 3.63) is 11.9 Å². The third-order valence-electron chi connectivity index (χ3n) is 2.97. The molecule has 1 aliphatic rings. The first kappa shape index (κ1) is 12.1. The summed E-state index contributed by atoms with van der Waals surface area (Å²) in [5, 5.41) is 3.34. The Morgan fingerprint density at radius 1 is 1.35 bits per heavy atom. The number of nitrogens with two attached hydrogens (primary N) is 1. The number of hydrogen-bond donors (Lipinski definition) is 2. The van der Waals surface area contributed by atoms with Crippen molar-refractivity contribution >= 4 is 11.6 Å². The highest BCUT2D eigenvalue weighted by Gasteiger charge is 2.21. The normalized spacial score (nSPS) is 15.9. The molecule has 0 atom stereocenters. The molecule has 1 fully saturated rings. The molecule has 1 aromatic rings. The molecule has 1 aromatic heterocycles. The lowest BCUT2D eigenvalue weighted by atomic mass is 9.96. The molecule has 0 unspecified atom stereocenters. The van der Waals surface area contributed by atoms with E-state index in [-0.39, 0.29) is 5.41 Å². The van der Waals surface area contributed by atoms with E-state index in [1.54, 1.807) is 0 Å². The second-order valence-corrected chi connectivity index (χ2v) is 5.91. The number of aromatic nitrogens is 2. The molecule has 4 heteroatoms. The summed E-state index contributed by atoms with van der Waals surface area (Å²) in [6.07, 6.45) is 4.01. The number of rotatable bonds is 4. The van der Waals surface area contributed by atoms with Crippen LogP contribution < -0.4 is 11.1 Å². The Hall–Kier alpha value is -1.32. The number of nitrogens with zero attached hydrogens (tertiary/aromatic N) is 2. The Bertz CT molecular complexity index is 391. The van der Waals surface area contributed by atoms with Crippen LogP contribution >= 0.6 is 0 Å². The van der Waals surface area contributed by atoms with Crippen molar-refractivity contribution in [1.82, 2.24) is 9.97 Å². The van der Waals surface area contributed by atoms with Gasteiger partial charge in [0.05, 0.1) is 0 Å². The van der Waals surface area contributed by atoms with Gasteiger partial charge in [-0.15, -0.1) is 0 Å². The third-order valence-corrected chi connectivity index (χ3v) is 2.97. The van der Waals surface area contributed by atoms with Crippen LogP contribution in [0, 0.1) is 5.92 Å². The third kappa shape index (κ3) is 3.58. The monoisotopic (exact) mass is 234 g/mol. The van der Waals surface area contributed by atoms with Crippen LogP contribution in [0.4, 0.5) is 11.6 Å². The highest BCUT2D eigenvalue weighted by molar-refractivity contribution is 5.45. The van der Waals surface area contributed by atoms with E-state index in [2.05, 4.69) is 36.1 Å². The molecular weight excluding hydrogens is 212 g/mol. The van der Waals surface area contributed by atoms with Crippen molar-refractivity contribution in [2.45, 2.75) is 45.4 Å². The maximum atomic E-state index is 5.81. The molecule has 0 saturated heterocycles. The topological polar surface area (TPSA) is 63.8 Å². The molecule has 0 bridgehead atoms. The molecule has 94 valence electrons. The SMILES string of the molecule is CC(C)(C)c1nc(N)cc(NCCC2CC2)n1. The first-order valence-electron chi connectivity index (χ1n) is 6.34. The molecule has 0 amide bonds. The zero-order valence-corrected chi connectivity index (χ0v) is 11.0. The van der Waals surface area contributed by atoms with Gasteiger partial charge < -0.3 is 11.1 Å². The van der Waals surface area contributed by atoms with E-state index >= 15 is 0 Å². The summed E-state index contributed by atoms with van der Waals surface area (Å²) in [5.74, 6) is 3.12. The molecule has 0 aromatic carbocycles. The van der Waals surface area contributed by atoms with Crippen LogP contribution in [-0.4, -0.2) is 16.5 Å². The van der Waals surface area contributed by atoms with Gasteiger partial charge in [0.2, 0.25) is 0 Å². The van der Waals surface area contributed by atoms with Gasteiger partial charge in [-0.2, -0.15) is 0 Å². The van der Waals surface area contributed by atoms with E-state index in [0.29, 0.717) is 5.82 Å². The second kappa shape index (κ2) is 4.51. The van der Waals surface area contributed by atoms with Gasteiger partial charge in [-0.1, -0.05) is 33.6 Å². The molecule has 2 rings (SSSR count). The maximum Gasteiger partial charge on any atom is 0.138 e. The quantitative estimate of drug-likeness (QED) is 0.840. The van der Waals surface area contributed by atoms with E-state index in [1.165, 1.54) is 19.3 Å². The van der Waals surface area contributed by atoms with Crippen LogP contribution in [0.3, 0.4) is 0 Å². The zero-order valence-electron chi connectivity index (χ0n) is 11.0. The lowest BCUT2D eigenvalue weighted by Gasteiger charge is -2.18. The van der Waals surface area contributed by atoms with Crippen molar-refractivity contribution in [3.8, 4) is 0 Å². The van der Waals surface area contributed by atoms with Gasteiger partial charge in [0.15, 0.2) is 0 Å². The lowest BCUT2D eigenvalue weighted by molar-refractivity contribution is 0.547. The molecule has 0 spiro atoms. The van der Waals surface area contributed by atoms with Crippen LogP contribution in [0.15, 0.2) is 6.07 Å². The molecule has 3 N–H and O–H groups in total. The van der Waals surface area contributed by atoms with Crippen molar-refractivity contribution in [2.24, 2.45) is 5.92 Å². The van der Waals surface area contributed by atoms with Crippen molar-refractivity contribution < 1.29 is 0 Å². The predicted octanol–water partition coefficient (Wildman–Crippen LogP) is 2.57. The van der Waals surface area contributed by atoms with Crippen molar-refractivity contribution in [1.29, 1.82) is 0 Å². The number of nitrogen functional groups attached to an aromatic ring is 1. The van der Waals surface area contributed by atoms with Crippen LogP contribution in [0.2, 0.25) is 0 Å². The summed E-state index contributed by atoms with van der Waals surface area (Å²) < 4.78 is 0. The van der Waals surface area contributed by atoms with Gasteiger partial charge in [0.1, 0.15) is 17.5 Å². The number of anilines is 2. The number of hydrogen-bond acceptors (Lipinski definition) is 4. The molecule has 1 aliphatic carbocycles. The van der Waals surface area contributed by atoms with Crippen LogP contribution in [0.25, 0.3) is 0 Å². The van der Waals surface area contributed by atoms with E-state index in [0.717, 1.165) is 24.1 Å². The maximum absolute atomic E-state index is 5.81. The highest BCUT2D eigenvalue weighted by Crippen LogP contribution is 2.32. The van der Waals surface area contributed by atoms with Gasteiger partial charge in [0.25, 0.3) is 0 Å². The average molecular weight is 234 g/mol. The summed E-state index contributed by atoms with van der Waals surface area (Å²) in [4.78, 5) is 8.81. The van der Waals surface area contributed by atoms with Crippen molar-refractivity contribution in [3.63, 3.8) is 0 Å². The van der Waals surface area contributed by atoms with Crippen LogP contribution in [0.1, 0.15) is 45.9 Å². The van der Waals surface area contributed by atoms with Crippen molar-refractivity contribution in [2.75, 3.05) is 17.6 Å². The summed E-state index contributed by atoms with van der Waals surface area (Å²) in [6, 6.07) is 1.81. The summed E-state index contributed by atoms with van der Waals surface area (Å²) in [6.45, 7) is 7.26. The van der Waals surface area contributed by atoms with Gasteiger partial charge in [0, 0.05) is 18.0 Å². The van der Waals surface area contributed by atoms with Gasteiger partial charge in [-0.3, -0.25) is 0 Å². The Kier molecular flexibility index (Phi) is 3.22. The smallest absolute Gasteiger partial charge is 0.138 e. The van der Waals surface area contributed by atoms with Crippen LogP contribution in [-0.2, 0) is 5.41 Å². The predicted molar refractivity (Wildman–Crippen MR) is 71.0 cm³/mol. The van der Waals surface area contributed by atoms with Crippen LogP contribution in [0.5, 0.6) is 0 Å². The molecule has 1 saturated carbocycles. The number of nitrogens with one attached hydrogen (secondary N) is 1.